The predicted octanol–water partition coefficient (Wildman–Crippen LogP) is 7.54. The zero-order valence-corrected chi connectivity index (χ0v) is 21.5. The molecule has 0 unspecified atom stereocenters. The molecule has 8 heteroatoms. The molecule has 33 heavy (non-hydrogen) atoms. The van der Waals surface area contributed by atoms with Crippen LogP contribution >= 0.6 is 39.1 Å². The van der Waals surface area contributed by atoms with Gasteiger partial charge in [0.2, 0.25) is 0 Å². The Morgan fingerprint density at radius 1 is 1.03 bits per heavy atom. The Balaban J connectivity index is 1.73. The molecule has 0 fully saturated rings. The van der Waals surface area contributed by atoms with Crippen molar-refractivity contribution in [2.75, 3.05) is 18.5 Å². The Hall–Kier alpha value is -2.54. The van der Waals surface area contributed by atoms with Crippen molar-refractivity contribution >= 4 is 62.6 Å². The quantitative estimate of drug-likeness (QED) is 0.295. The number of nitrogens with one attached hydrogen (secondary N) is 1. The number of hydrogen-bond donors (Lipinski definition) is 1. The van der Waals surface area contributed by atoms with Gasteiger partial charge in [0, 0.05) is 21.9 Å². The van der Waals surface area contributed by atoms with Crippen LogP contribution in [0.3, 0.4) is 0 Å². The lowest BCUT2D eigenvalue weighted by molar-refractivity contribution is -0.118. The van der Waals surface area contributed by atoms with Gasteiger partial charge in [-0.05, 0) is 89.8 Å². The molecule has 5 nitrogen and oxygen atoms in total. The summed E-state index contributed by atoms with van der Waals surface area (Å²) >= 11 is 15.8. The molecule has 3 aromatic rings. The number of benzene rings is 3. The smallest absolute Gasteiger partial charge is 0.262 e. The molecule has 172 valence electrons. The van der Waals surface area contributed by atoms with Crippen LogP contribution in [-0.4, -0.2) is 25.3 Å². The highest BCUT2D eigenvalue weighted by Gasteiger charge is 2.14. The summed E-state index contributed by atoms with van der Waals surface area (Å²) in [5.74, 6) is 0.622. The van der Waals surface area contributed by atoms with E-state index >= 15 is 0 Å². The van der Waals surface area contributed by atoms with Crippen LogP contribution in [0.25, 0.3) is 0 Å². The Kier molecular flexibility index (Phi) is 8.78. The Morgan fingerprint density at radius 3 is 2.39 bits per heavy atom. The van der Waals surface area contributed by atoms with Gasteiger partial charge in [-0.2, -0.15) is 0 Å². The summed E-state index contributed by atoms with van der Waals surface area (Å²) in [6, 6.07) is 14.6. The monoisotopic (exact) mass is 548 g/mol. The lowest BCUT2D eigenvalue weighted by Gasteiger charge is -2.15. The van der Waals surface area contributed by atoms with E-state index in [9.17, 15) is 4.79 Å². The molecule has 0 saturated carbocycles. The van der Waals surface area contributed by atoms with Crippen molar-refractivity contribution < 1.29 is 14.3 Å². The zero-order chi connectivity index (χ0) is 24.0. The van der Waals surface area contributed by atoms with Crippen LogP contribution in [0.2, 0.25) is 10.0 Å². The third-order valence-corrected chi connectivity index (χ3v) is 6.06. The Bertz CT molecular complexity index is 1200. The molecule has 0 aliphatic heterocycles. The molecule has 0 aliphatic carbocycles. The molecule has 3 rings (SSSR count). The summed E-state index contributed by atoms with van der Waals surface area (Å²) in [6.45, 7) is 5.95. The number of aryl methyl sites for hydroxylation is 2. The van der Waals surface area contributed by atoms with Crippen molar-refractivity contribution in [3.63, 3.8) is 0 Å². The fourth-order valence-corrected chi connectivity index (χ4v) is 3.81. The average Bonchev–Trinajstić information content (AvgIpc) is 2.77. The molecule has 0 heterocycles. The largest absolute Gasteiger partial charge is 0.490 e. The SMILES string of the molecule is CCOc1cc(C=Nc2ccc(C)c(Cl)c2)cc(Br)c1OCC(=O)Nc1ccc(C)c(Cl)c1. The van der Waals surface area contributed by atoms with Gasteiger partial charge in [-0.25, -0.2) is 0 Å². The van der Waals surface area contributed by atoms with Crippen molar-refractivity contribution in [2.24, 2.45) is 4.99 Å². The van der Waals surface area contributed by atoms with Crippen molar-refractivity contribution in [2.45, 2.75) is 20.8 Å². The number of carbonyl (C=O) groups is 1. The summed E-state index contributed by atoms with van der Waals surface area (Å²) in [5.41, 5.74) is 4.07. The van der Waals surface area contributed by atoms with Gasteiger partial charge in [0.05, 0.1) is 16.8 Å². The van der Waals surface area contributed by atoms with E-state index in [0.717, 1.165) is 22.4 Å². The third kappa shape index (κ3) is 6.97. The number of aliphatic imine (C=N–C) groups is 1. The number of hydrogen-bond acceptors (Lipinski definition) is 4. The number of nitrogens with zero attached hydrogens (tertiary/aromatic N) is 1. The van der Waals surface area contributed by atoms with Crippen LogP contribution in [0.15, 0.2) is 58.0 Å². The van der Waals surface area contributed by atoms with Gasteiger partial charge in [0.1, 0.15) is 0 Å². The first-order chi connectivity index (χ1) is 15.8. The van der Waals surface area contributed by atoms with E-state index < -0.39 is 0 Å². The third-order valence-electron chi connectivity index (χ3n) is 4.65. The minimum atomic E-state index is -0.314. The standard InChI is InChI=1S/C25H23BrCl2N2O3/c1-4-32-23-10-17(13-29-18-7-5-15(2)21(27)11-18)9-20(26)25(23)33-14-24(31)30-19-8-6-16(3)22(28)12-19/h5-13H,4,14H2,1-3H3,(H,30,31). The molecule has 0 radical (unpaired) electrons. The summed E-state index contributed by atoms with van der Waals surface area (Å²) in [4.78, 5) is 16.9. The minimum Gasteiger partial charge on any atom is -0.490 e. The maximum absolute atomic E-state index is 12.4. The second-order valence-electron chi connectivity index (χ2n) is 7.26. The minimum absolute atomic E-state index is 0.195. The summed E-state index contributed by atoms with van der Waals surface area (Å²) < 4.78 is 12.2. The number of amides is 1. The predicted molar refractivity (Wildman–Crippen MR) is 139 cm³/mol. The molecule has 3 aromatic carbocycles. The fraction of sp³-hybridized carbons (Fsp3) is 0.200. The van der Waals surface area contributed by atoms with Gasteiger partial charge < -0.3 is 14.8 Å². The fourth-order valence-electron chi connectivity index (χ4n) is 2.88. The first-order valence-corrected chi connectivity index (χ1v) is 11.8. The van der Waals surface area contributed by atoms with E-state index in [-0.39, 0.29) is 12.5 Å². The highest BCUT2D eigenvalue weighted by Crippen LogP contribution is 2.37. The number of halogens is 3. The lowest BCUT2D eigenvalue weighted by Crippen LogP contribution is -2.20. The highest BCUT2D eigenvalue weighted by atomic mass is 79.9. The first kappa shape index (κ1) is 25.1. The number of rotatable bonds is 8. The average molecular weight is 550 g/mol. The molecule has 0 bridgehead atoms. The van der Waals surface area contributed by atoms with Crippen molar-refractivity contribution in [1.82, 2.24) is 0 Å². The molecular weight excluding hydrogens is 527 g/mol. The zero-order valence-electron chi connectivity index (χ0n) is 18.4. The number of carbonyl (C=O) groups excluding carboxylic acids is 1. The molecule has 1 amide bonds. The second-order valence-corrected chi connectivity index (χ2v) is 8.92. The van der Waals surface area contributed by atoms with Crippen molar-refractivity contribution in [1.29, 1.82) is 0 Å². The van der Waals surface area contributed by atoms with E-state index in [1.807, 2.05) is 51.1 Å². The summed E-state index contributed by atoms with van der Waals surface area (Å²) in [5, 5.41) is 4.02. The Labute approximate surface area is 211 Å². The molecule has 0 saturated heterocycles. The molecule has 0 aromatic heterocycles. The van der Waals surface area contributed by atoms with Crippen LogP contribution < -0.4 is 14.8 Å². The van der Waals surface area contributed by atoms with E-state index in [1.165, 1.54) is 0 Å². The van der Waals surface area contributed by atoms with Gasteiger partial charge in [-0.3, -0.25) is 9.79 Å². The van der Waals surface area contributed by atoms with Gasteiger partial charge in [-0.15, -0.1) is 0 Å². The summed E-state index contributed by atoms with van der Waals surface area (Å²) in [6.07, 6.45) is 1.71. The maximum atomic E-state index is 12.4. The van der Waals surface area contributed by atoms with Crippen molar-refractivity contribution in [3.8, 4) is 11.5 Å². The summed E-state index contributed by atoms with van der Waals surface area (Å²) in [7, 11) is 0. The van der Waals surface area contributed by atoms with E-state index in [2.05, 4.69) is 26.2 Å². The molecule has 0 atom stereocenters. The van der Waals surface area contributed by atoms with E-state index in [1.54, 1.807) is 24.4 Å². The van der Waals surface area contributed by atoms with Crippen LogP contribution in [0.4, 0.5) is 11.4 Å². The maximum Gasteiger partial charge on any atom is 0.262 e. The van der Waals surface area contributed by atoms with Gasteiger partial charge >= 0.3 is 0 Å². The molecular formula is C25H23BrCl2N2O3. The first-order valence-electron chi connectivity index (χ1n) is 10.2. The highest BCUT2D eigenvalue weighted by molar-refractivity contribution is 9.10. The van der Waals surface area contributed by atoms with Crippen LogP contribution in [0.5, 0.6) is 11.5 Å². The second kappa shape index (κ2) is 11.5. The van der Waals surface area contributed by atoms with Crippen LogP contribution in [0, 0.1) is 13.8 Å². The van der Waals surface area contributed by atoms with Crippen LogP contribution in [0.1, 0.15) is 23.6 Å². The molecule has 0 aliphatic rings. The van der Waals surface area contributed by atoms with E-state index in [4.69, 9.17) is 32.7 Å². The molecule has 0 spiro atoms. The lowest BCUT2D eigenvalue weighted by atomic mass is 10.2. The van der Waals surface area contributed by atoms with E-state index in [0.29, 0.717) is 38.3 Å². The molecule has 1 N–H and O–H groups in total. The van der Waals surface area contributed by atoms with Gasteiger partial charge in [0.25, 0.3) is 5.91 Å². The normalized spacial score (nSPS) is 11.0. The number of ether oxygens (including phenoxy) is 2. The topological polar surface area (TPSA) is 59.9 Å². The Morgan fingerprint density at radius 2 is 1.73 bits per heavy atom. The van der Waals surface area contributed by atoms with Gasteiger partial charge in [-0.1, -0.05) is 35.3 Å². The van der Waals surface area contributed by atoms with Crippen molar-refractivity contribution in [3.05, 3.63) is 79.7 Å². The number of anilines is 1. The van der Waals surface area contributed by atoms with Gasteiger partial charge in [0.15, 0.2) is 18.1 Å². The van der Waals surface area contributed by atoms with Crippen LogP contribution in [-0.2, 0) is 4.79 Å².